The van der Waals surface area contributed by atoms with Gasteiger partial charge in [0.1, 0.15) is 6.04 Å². The van der Waals surface area contributed by atoms with Crippen LogP contribution in [0.2, 0.25) is 15.1 Å². The zero-order valence-electron chi connectivity index (χ0n) is 21.9. The van der Waals surface area contributed by atoms with Crippen molar-refractivity contribution in [3.05, 3.63) is 103 Å². The molecular formula is C29H27Cl3N4O5. The van der Waals surface area contributed by atoms with Gasteiger partial charge in [-0.25, -0.2) is 9.59 Å². The number of carboxylic acids is 1. The summed E-state index contributed by atoms with van der Waals surface area (Å²) < 4.78 is 0. The second-order valence-corrected chi connectivity index (χ2v) is 10.8. The van der Waals surface area contributed by atoms with Crippen molar-refractivity contribution >= 4 is 58.6 Å². The van der Waals surface area contributed by atoms with E-state index in [9.17, 15) is 24.3 Å². The minimum Gasteiger partial charge on any atom is -0.480 e. The van der Waals surface area contributed by atoms with E-state index in [0.29, 0.717) is 5.02 Å². The number of carbonyl (C=O) groups excluding carboxylic acids is 3. The zero-order valence-corrected chi connectivity index (χ0v) is 24.2. The molecule has 9 nitrogen and oxygen atoms in total. The first-order chi connectivity index (χ1) is 19.5. The van der Waals surface area contributed by atoms with Crippen LogP contribution in [0, 0.1) is 6.92 Å². The van der Waals surface area contributed by atoms with Crippen LogP contribution < -0.4 is 21.3 Å². The lowest BCUT2D eigenvalue weighted by atomic mass is 10.1. The molecule has 5 N–H and O–H groups in total. The van der Waals surface area contributed by atoms with Gasteiger partial charge < -0.3 is 26.4 Å². The molecule has 2 atom stereocenters. The third-order valence-corrected chi connectivity index (χ3v) is 7.74. The highest BCUT2D eigenvalue weighted by Gasteiger charge is 2.27. The third kappa shape index (κ3) is 7.49. The Kier molecular flexibility index (Phi) is 9.75. The van der Waals surface area contributed by atoms with Gasteiger partial charge in [0.15, 0.2) is 0 Å². The standard InChI is InChI=1S/C29H27Cl3N4O5/c1-15-10-16(6-8-20(15)30)13-33-26(37)18-11-21(31)25(22(32)12-18)27(38)35-24(28(39)40)14-34-29(41)36-23-9-7-17-4-2-3-5-19(17)23/h2-6,8,10-12,23-24H,7,9,13-14H2,1H3,(H,33,37)(H,35,38)(H,39,40)(H2,34,36,41)/t23-,24+/m1/s1. The highest BCUT2D eigenvalue weighted by molar-refractivity contribution is 6.40. The number of halogens is 3. The molecule has 0 fully saturated rings. The molecular weight excluding hydrogens is 591 g/mol. The molecule has 3 aromatic rings. The number of amides is 4. The lowest BCUT2D eigenvalue weighted by Crippen LogP contribution is -2.50. The molecule has 41 heavy (non-hydrogen) atoms. The number of rotatable bonds is 9. The summed E-state index contributed by atoms with van der Waals surface area (Å²) in [5.74, 6) is -2.72. The first-order valence-corrected chi connectivity index (χ1v) is 13.8. The fourth-order valence-corrected chi connectivity index (χ4v) is 5.34. The SMILES string of the molecule is Cc1cc(CNC(=O)c2cc(Cl)c(C(=O)N[C@@H](CNC(=O)N[C@@H]3CCc4ccccc43)C(=O)O)c(Cl)c2)ccc1Cl. The van der Waals surface area contributed by atoms with Gasteiger partial charge in [-0.05, 0) is 60.2 Å². The van der Waals surface area contributed by atoms with E-state index < -0.39 is 29.9 Å². The highest BCUT2D eigenvalue weighted by Crippen LogP contribution is 2.30. The van der Waals surface area contributed by atoms with Crippen molar-refractivity contribution in [1.29, 1.82) is 0 Å². The summed E-state index contributed by atoms with van der Waals surface area (Å²) in [6.45, 7) is 1.69. The van der Waals surface area contributed by atoms with Crippen LogP contribution in [-0.4, -0.2) is 41.5 Å². The highest BCUT2D eigenvalue weighted by atomic mass is 35.5. The van der Waals surface area contributed by atoms with Crippen molar-refractivity contribution in [3.63, 3.8) is 0 Å². The van der Waals surface area contributed by atoms with Gasteiger partial charge in [0.05, 0.1) is 28.2 Å². The number of nitrogens with one attached hydrogen (secondary N) is 4. The van der Waals surface area contributed by atoms with Gasteiger partial charge >= 0.3 is 12.0 Å². The summed E-state index contributed by atoms with van der Waals surface area (Å²) in [4.78, 5) is 49.9. The van der Waals surface area contributed by atoms with Gasteiger partial charge in [-0.3, -0.25) is 9.59 Å². The Morgan fingerprint density at radius 1 is 0.927 bits per heavy atom. The van der Waals surface area contributed by atoms with Crippen LogP contribution in [0.5, 0.6) is 0 Å². The molecule has 0 radical (unpaired) electrons. The van der Waals surface area contributed by atoms with Crippen LogP contribution in [0.4, 0.5) is 4.79 Å². The Morgan fingerprint density at radius 3 is 2.32 bits per heavy atom. The van der Waals surface area contributed by atoms with Crippen molar-refractivity contribution in [3.8, 4) is 0 Å². The number of aryl methyl sites for hydroxylation is 2. The maximum atomic E-state index is 12.9. The Labute approximate surface area is 251 Å². The summed E-state index contributed by atoms with van der Waals surface area (Å²) in [5.41, 5.74) is 3.80. The van der Waals surface area contributed by atoms with Crippen LogP contribution in [0.15, 0.2) is 54.6 Å². The maximum Gasteiger partial charge on any atom is 0.328 e. The number of fused-ring (bicyclic) bond motifs is 1. The van der Waals surface area contributed by atoms with Crippen LogP contribution >= 0.6 is 34.8 Å². The van der Waals surface area contributed by atoms with Crippen LogP contribution in [0.25, 0.3) is 0 Å². The Hall–Kier alpha value is -3.79. The molecule has 4 amide bonds. The summed E-state index contributed by atoms with van der Waals surface area (Å²) >= 11 is 18.6. The number of benzene rings is 3. The van der Waals surface area contributed by atoms with Gasteiger partial charge in [0.25, 0.3) is 11.8 Å². The predicted molar refractivity (Wildman–Crippen MR) is 157 cm³/mol. The zero-order chi connectivity index (χ0) is 29.7. The van der Waals surface area contributed by atoms with Crippen molar-refractivity contribution < 1.29 is 24.3 Å². The summed E-state index contributed by atoms with van der Waals surface area (Å²) in [6.07, 6.45) is 1.57. The third-order valence-electron chi connectivity index (χ3n) is 6.72. The van der Waals surface area contributed by atoms with Crippen molar-refractivity contribution in [2.45, 2.75) is 38.4 Å². The van der Waals surface area contributed by atoms with Gasteiger partial charge in [-0.1, -0.05) is 71.2 Å². The number of hydrogen-bond donors (Lipinski definition) is 5. The smallest absolute Gasteiger partial charge is 0.328 e. The number of carbonyl (C=O) groups is 4. The van der Waals surface area contributed by atoms with Crippen LogP contribution in [0.1, 0.15) is 55.4 Å². The lowest BCUT2D eigenvalue weighted by Gasteiger charge is -2.19. The topological polar surface area (TPSA) is 137 Å². The predicted octanol–water partition coefficient (Wildman–Crippen LogP) is 5.05. The minimum atomic E-state index is -1.47. The molecule has 214 valence electrons. The van der Waals surface area contributed by atoms with E-state index >= 15 is 0 Å². The summed E-state index contributed by atoms with van der Waals surface area (Å²) in [5, 5.41) is 20.4. The van der Waals surface area contributed by atoms with E-state index in [-0.39, 0.29) is 40.3 Å². The van der Waals surface area contributed by atoms with Gasteiger partial charge in [0, 0.05) is 17.1 Å². The molecule has 0 saturated carbocycles. The molecule has 0 aromatic heterocycles. The number of carboxylic acid groups (broad SMARTS) is 1. The van der Waals surface area contributed by atoms with E-state index in [2.05, 4.69) is 21.3 Å². The maximum absolute atomic E-state index is 12.9. The molecule has 1 aliphatic carbocycles. The molecule has 0 spiro atoms. The Balaban J connectivity index is 1.35. The monoisotopic (exact) mass is 616 g/mol. The van der Waals surface area contributed by atoms with Crippen molar-refractivity contribution in [2.24, 2.45) is 0 Å². The molecule has 0 bridgehead atoms. The average molecular weight is 618 g/mol. The normalized spacial score (nSPS) is 14.5. The molecule has 0 saturated heterocycles. The van der Waals surface area contributed by atoms with E-state index in [1.165, 1.54) is 12.1 Å². The second kappa shape index (κ2) is 13.2. The lowest BCUT2D eigenvalue weighted by molar-refractivity contribution is -0.139. The van der Waals surface area contributed by atoms with Gasteiger partial charge in [-0.15, -0.1) is 0 Å². The number of urea groups is 1. The van der Waals surface area contributed by atoms with E-state index in [1.807, 2.05) is 37.3 Å². The summed E-state index contributed by atoms with van der Waals surface area (Å²) in [6, 6.07) is 13.5. The number of hydrogen-bond acceptors (Lipinski definition) is 4. The van der Waals surface area contributed by atoms with E-state index in [0.717, 1.165) is 35.1 Å². The molecule has 0 aliphatic heterocycles. The van der Waals surface area contributed by atoms with Gasteiger partial charge in [-0.2, -0.15) is 0 Å². The van der Waals surface area contributed by atoms with E-state index in [4.69, 9.17) is 34.8 Å². The fraction of sp³-hybridized carbons (Fsp3) is 0.241. The Morgan fingerprint density at radius 2 is 1.63 bits per heavy atom. The molecule has 1 aliphatic rings. The summed E-state index contributed by atoms with van der Waals surface area (Å²) in [7, 11) is 0. The quantitative estimate of drug-likeness (QED) is 0.229. The van der Waals surface area contributed by atoms with Crippen LogP contribution in [-0.2, 0) is 17.8 Å². The first kappa shape index (κ1) is 30.2. The largest absolute Gasteiger partial charge is 0.480 e. The first-order valence-electron chi connectivity index (χ1n) is 12.7. The number of aliphatic carboxylic acids is 1. The fourth-order valence-electron chi connectivity index (χ4n) is 4.56. The second-order valence-electron chi connectivity index (χ2n) is 9.59. The molecule has 0 unspecified atom stereocenters. The van der Waals surface area contributed by atoms with Gasteiger partial charge in [0.2, 0.25) is 0 Å². The van der Waals surface area contributed by atoms with Crippen molar-refractivity contribution in [1.82, 2.24) is 21.3 Å². The van der Waals surface area contributed by atoms with Crippen LogP contribution in [0.3, 0.4) is 0 Å². The molecule has 12 heteroatoms. The van der Waals surface area contributed by atoms with E-state index in [1.54, 1.807) is 12.1 Å². The Bertz CT molecular complexity index is 1490. The molecule has 0 heterocycles. The average Bonchev–Trinajstić information content (AvgIpc) is 3.33. The molecule has 4 rings (SSSR count). The minimum absolute atomic E-state index is 0.115. The molecule has 3 aromatic carbocycles. The van der Waals surface area contributed by atoms with Crippen molar-refractivity contribution in [2.75, 3.05) is 6.54 Å².